The fourth-order valence-corrected chi connectivity index (χ4v) is 2.99. The summed E-state index contributed by atoms with van der Waals surface area (Å²) in [5.74, 6) is 0. The summed E-state index contributed by atoms with van der Waals surface area (Å²) in [6.07, 6.45) is 3.54. The number of rotatable bonds is 5. The first-order valence-corrected chi connectivity index (χ1v) is 8.80. The zero-order valence-corrected chi connectivity index (χ0v) is 15.1. The van der Waals surface area contributed by atoms with Crippen molar-refractivity contribution in [1.29, 1.82) is 0 Å². The summed E-state index contributed by atoms with van der Waals surface area (Å²) in [5.41, 5.74) is 0.923. The lowest BCUT2D eigenvalue weighted by atomic mass is 10.0. The molecule has 1 aromatic carbocycles. The smallest absolute Gasteiger partial charge is 0.316 e. The minimum absolute atomic E-state index is 0.157. The number of carbonyl (C=O) groups excluding carboxylic acids is 1. The molecule has 1 unspecified atom stereocenters. The molecule has 3 aromatic rings. The maximum Gasteiger partial charge on any atom is 0.316 e. The molecule has 7 nitrogen and oxygen atoms in total. The van der Waals surface area contributed by atoms with E-state index in [1.165, 1.54) is 11.3 Å². The number of thiazole rings is 1. The number of nitrogens with zero attached hydrogens (tertiary/aromatic N) is 4. The lowest BCUT2D eigenvalue weighted by molar-refractivity contribution is 0.226. The number of para-hydroxylation sites is 1. The Morgan fingerprint density at radius 2 is 2.04 bits per heavy atom. The molecule has 0 radical (unpaired) electrons. The number of urea groups is 1. The third kappa shape index (κ3) is 4.03. The van der Waals surface area contributed by atoms with Crippen LogP contribution >= 0.6 is 11.3 Å². The van der Waals surface area contributed by atoms with Crippen LogP contribution in [-0.4, -0.2) is 26.0 Å². The molecule has 25 heavy (non-hydrogen) atoms. The highest BCUT2D eigenvalue weighted by Crippen LogP contribution is 2.19. The van der Waals surface area contributed by atoms with Gasteiger partial charge in [-0.05, 0) is 32.9 Å². The standard InChI is InChI=1S/C17H20N6OS/c1-12(15-18-9-10-25-15)19-16(24)20-17(2,3)14-11-23(22-21-14)13-7-5-4-6-8-13/h4-12H,1-3H3,(H2,19,20,24). The number of carbonyl (C=O) groups is 1. The zero-order valence-electron chi connectivity index (χ0n) is 14.3. The van der Waals surface area contributed by atoms with Crippen molar-refractivity contribution in [3.63, 3.8) is 0 Å². The Kier molecular flexibility index (Phi) is 4.80. The van der Waals surface area contributed by atoms with Gasteiger partial charge in [-0.2, -0.15) is 0 Å². The van der Waals surface area contributed by atoms with Crippen LogP contribution in [0.15, 0.2) is 48.1 Å². The molecule has 0 aliphatic carbocycles. The predicted molar refractivity (Wildman–Crippen MR) is 96.6 cm³/mol. The van der Waals surface area contributed by atoms with Crippen LogP contribution in [0.5, 0.6) is 0 Å². The SMILES string of the molecule is CC(NC(=O)NC(C)(C)c1cn(-c2ccccc2)nn1)c1nccs1. The van der Waals surface area contributed by atoms with Gasteiger partial charge in [-0.3, -0.25) is 0 Å². The summed E-state index contributed by atoms with van der Waals surface area (Å²) in [5, 5.41) is 16.9. The number of hydrogen-bond donors (Lipinski definition) is 2. The van der Waals surface area contributed by atoms with Crippen molar-refractivity contribution in [3.8, 4) is 5.69 Å². The molecule has 130 valence electrons. The summed E-state index contributed by atoms with van der Waals surface area (Å²) in [4.78, 5) is 16.5. The van der Waals surface area contributed by atoms with Gasteiger partial charge in [0.15, 0.2) is 0 Å². The summed E-state index contributed by atoms with van der Waals surface area (Å²) in [6.45, 7) is 5.68. The van der Waals surface area contributed by atoms with Crippen molar-refractivity contribution in [1.82, 2.24) is 30.6 Å². The van der Waals surface area contributed by atoms with Gasteiger partial charge in [-0.1, -0.05) is 23.4 Å². The Bertz CT molecular complexity index is 828. The predicted octanol–water partition coefficient (Wildman–Crippen LogP) is 3.02. The second-order valence-electron chi connectivity index (χ2n) is 6.20. The van der Waals surface area contributed by atoms with E-state index in [1.54, 1.807) is 10.9 Å². The Hall–Kier alpha value is -2.74. The molecule has 0 aliphatic heterocycles. The molecule has 1 atom stereocenters. The van der Waals surface area contributed by atoms with Gasteiger partial charge in [0, 0.05) is 11.6 Å². The maximum atomic E-state index is 12.3. The van der Waals surface area contributed by atoms with Crippen LogP contribution in [0.2, 0.25) is 0 Å². The van der Waals surface area contributed by atoms with E-state index < -0.39 is 5.54 Å². The van der Waals surface area contributed by atoms with E-state index in [4.69, 9.17) is 0 Å². The first-order valence-electron chi connectivity index (χ1n) is 7.92. The average Bonchev–Trinajstić information content (AvgIpc) is 3.27. The Morgan fingerprint density at radius 3 is 2.72 bits per heavy atom. The highest BCUT2D eigenvalue weighted by atomic mass is 32.1. The molecule has 0 bridgehead atoms. The molecule has 8 heteroatoms. The highest BCUT2D eigenvalue weighted by molar-refractivity contribution is 7.09. The number of aromatic nitrogens is 4. The molecule has 2 heterocycles. The molecule has 0 saturated heterocycles. The lowest BCUT2D eigenvalue weighted by Crippen LogP contribution is -2.47. The molecular formula is C17H20N6OS. The average molecular weight is 356 g/mol. The monoisotopic (exact) mass is 356 g/mol. The van der Waals surface area contributed by atoms with Gasteiger partial charge in [0.25, 0.3) is 0 Å². The highest BCUT2D eigenvalue weighted by Gasteiger charge is 2.27. The van der Waals surface area contributed by atoms with Crippen molar-refractivity contribution in [3.05, 3.63) is 58.8 Å². The van der Waals surface area contributed by atoms with E-state index in [9.17, 15) is 4.79 Å². The molecule has 2 N–H and O–H groups in total. The topological polar surface area (TPSA) is 84.7 Å². The molecule has 0 fully saturated rings. The van der Waals surface area contributed by atoms with Gasteiger partial charge in [0.1, 0.15) is 10.7 Å². The van der Waals surface area contributed by atoms with E-state index in [2.05, 4.69) is 25.9 Å². The van der Waals surface area contributed by atoms with E-state index in [0.717, 1.165) is 10.7 Å². The van der Waals surface area contributed by atoms with Gasteiger partial charge < -0.3 is 10.6 Å². The minimum atomic E-state index is -0.667. The second kappa shape index (κ2) is 7.02. The zero-order chi connectivity index (χ0) is 17.9. The summed E-state index contributed by atoms with van der Waals surface area (Å²) in [6, 6.07) is 9.28. The van der Waals surface area contributed by atoms with Crippen LogP contribution < -0.4 is 10.6 Å². The van der Waals surface area contributed by atoms with Gasteiger partial charge in [0.2, 0.25) is 0 Å². The third-order valence-corrected chi connectivity index (χ3v) is 4.71. The number of benzene rings is 1. The van der Waals surface area contributed by atoms with Crippen molar-refractivity contribution < 1.29 is 4.79 Å². The summed E-state index contributed by atoms with van der Waals surface area (Å²) in [7, 11) is 0. The first-order chi connectivity index (χ1) is 12.0. The van der Waals surface area contributed by atoms with E-state index in [-0.39, 0.29) is 12.1 Å². The largest absolute Gasteiger partial charge is 0.329 e. The first kappa shape index (κ1) is 17.1. The minimum Gasteiger partial charge on any atom is -0.329 e. The van der Waals surface area contributed by atoms with E-state index in [0.29, 0.717) is 5.69 Å². The molecule has 3 rings (SSSR count). The molecule has 2 amide bonds. The second-order valence-corrected chi connectivity index (χ2v) is 7.13. The molecular weight excluding hydrogens is 336 g/mol. The van der Waals surface area contributed by atoms with Crippen molar-refractivity contribution in [2.45, 2.75) is 32.4 Å². The van der Waals surface area contributed by atoms with Crippen molar-refractivity contribution in [2.24, 2.45) is 0 Å². The third-order valence-electron chi connectivity index (χ3n) is 3.75. The number of hydrogen-bond acceptors (Lipinski definition) is 5. The van der Waals surface area contributed by atoms with Gasteiger partial charge in [-0.25, -0.2) is 14.5 Å². The molecule has 0 saturated carbocycles. The quantitative estimate of drug-likeness (QED) is 0.736. The van der Waals surface area contributed by atoms with Crippen LogP contribution in [0.4, 0.5) is 4.79 Å². The van der Waals surface area contributed by atoms with Crippen LogP contribution in [0.25, 0.3) is 5.69 Å². The van der Waals surface area contributed by atoms with Crippen molar-refractivity contribution in [2.75, 3.05) is 0 Å². The Morgan fingerprint density at radius 1 is 1.28 bits per heavy atom. The number of amides is 2. The summed E-state index contributed by atoms with van der Waals surface area (Å²) >= 11 is 1.51. The van der Waals surface area contributed by atoms with Crippen LogP contribution in [0, 0.1) is 0 Å². The summed E-state index contributed by atoms with van der Waals surface area (Å²) < 4.78 is 1.69. The number of nitrogens with one attached hydrogen (secondary N) is 2. The molecule has 2 aromatic heterocycles. The fourth-order valence-electron chi connectivity index (χ4n) is 2.35. The van der Waals surface area contributed by atoms with Gasteiger partial charge >= 0.3 is 6.03 Å². The van der Waals surface area contributed by atoms with Crippen molar-refractivity contribution >= 4 is 17.4 Å². The van der Waals surface area contributed by atoms with Crippen LogP contribution in [0.3, 0.4) is 0 Å². The van der Waals surface area contributed by atoms with Gasteiger partial charge in [-0.15, -0.1) is 16.4 Å². The Labute approximate surface area is 150 Å². The van der Waals surface area contributed by atoms with E-state index >= 15 is 0 Å². The van der Waals surface area contributed by atoms with Gasteiger partial charge in [0.05, 0.1) is 23.5 Å². The molecule has 0 aliphatic rings. The van der Waals surface area contributed by atoms with Crippen LogP contribution in [0.1, 0.15) is 37.5 Å². The normalized spacial score (nSPS) is 12.6. The van der Waals surface area contributed by atoms with E-state index in [1.807, 2.05) is 62.7 Å². The maximum absolute atomic E-state index is 12.3. The fraction of sp³-hybridized carbons (Fsp3) is 0.294. The lowest BCUT2D eigenvalue weighted by Gasteiger charge is -2.24. The Balaban J connectivity index is 1.67. The van der Waals surface area contributed by atoms with Crippen LogP contribution in [-0.2, 0) is 5.54 Å². The molecule has 0 spiro atoms.